The van der Waals surface area contributed by atoms with Gasteiger partial charge in [0.15, 0.2) is 0 Å². The van der Waals surface area contributed by atoms with Gasteiger partial charge in [-0.2, -0.15) is 0 Å². The first-order chi connectivity index (χ1) is 10.1. The fourth-order valence-corrected chi connectivity index (χ4v) is 2.21. The minimum Gasteiger partial charge on any atom is -0.320 e. The summed E-state index contributed by atoms with van der Waals surface area (Å²) >= 11 is 11.6. The van der Waals surface area contributed by atoms with Crippen LogP contribution in [0.4, 0.5) is 5.69 Å². The molecule has 0 fully saturated rings. The van der Waals surface area contributed by atoms with Gasteiger partial charge in [0, 0.05) is 17.8 Å². The minimum absolute atomic E-state index is 0.167. The van der Waals surface area contributed by atoms with Gasteiger partial charge in [0.1, 0.15) is 5.15 Å². The molecule has 2 heterocycles. The fraction of sp³-hybridized carbons (Fsp3) is 0. The molecule has 0 aliphatic carbocycles. The highest BCUT2D eigenvalue weighted by atomic mass is 35.5. The van der Waals surface area contributed by atoms with E-state index in [-0.39, 0.29) is 16.1 Å². The molecule has 2 aromatic heterocycles. The van der Waals surface area contributed by atoms with E-state index in [2.05, 4.69) is 15.3 Å². The van der Waals surface area contributed by atoms with Crippen molar-refractivity contribution in [3.63, 3.8) is 0 Å². The van der Waals surface area contributed by atoms with Crippen molar-refractivity contribution in [2.75, 3.05) is 5.32 Å². The number of benzene rings is 1. The Bertz CT molecular complexity index is 831. The SMILES string of the molecule is O=C(Nc1cccc2cccnc12)c1cnc(Cl)c(Cl)c1. The standard InChI is InChI=1S/C15H9Cl2N3O/c16-11-7-10(8-19-14(11)17)15(21)20-12-5-1-3-9-4-2-6-18-13(9)12/h1-8H,(H,20,21). The fourth-order valence-electron chi connectivity index (χ4n) is 1.94. The molecule has 104 valence electrons. The van der Waals surface area contributed by atoms with E-state index in [4.69, 9.17) is 23.2 Å². The highest BCUT2D eigenvalue weighted by molar-refractivity contribution is 6.41. The van der Waals surface area contributed by atoms with E-state index < -0.39 is 0 Å². The monoisotopic (exact) mass is 317 g/mol. The first-order valence-corrected chi connectivity index (χ1v) is 6.87. The second kappa shape index (κ2) is 5.68. The maximum atomic E-state index is 12.2. The average Bonchev–Trinajstić information content (AvgIpc) is 2.50. The lowest BCUT2D eigenvalue weighted by Crippen LogP contribution is -2.12. The molecule has 0 saturated heterocycles. The number of hydrogen-bond donors (Lipinski definition) is 1. The van der Waals surface area contributed by atoms with Crippen LogP contribution in [-0.4, -0.2) is 15.9 Å². The van der Waals surface area contributed by atoms with Crippen LogP contribution in [0.2, 0.25) is 10.2 Å². The molecule has 0 spiro atoms. The number of para-hydroxylation sites is 1. The van der Waals surface area contributed by atoms with Gasteiger partial charge < -0.3 is 5.32 Å². The minimum atomic E-state index is -0.320. The van der Waals surface area contributed by atoms with E-state index in [0.29, 0.717) is 11.3 Å². The Morgan fingerprint density at radius 1 is 1.10 bits per heavy atom. The molecule has 3 aromatic rings. The summed E-state index contributed by atoms with van der Waals surface area (Å²) in [5, 5.41) is 4.15. The van der Waals surface area contributed by atoms with Crippen LogP contribution in [0.3, 0.4) is 0 Å². The van der Waals surface area contributed by atoms with Crippen LogP contribution in [0.1, 0.15) is 10.4 Å². The number of nitrogens with one attached hydrogen (secondary N) is 1. The molecule has 0 aliphatic rings. The van der Waals surface area contributed by atoms with Crippen LogP contribution in [0.15, 0.2) is 48.8 Å². The molecule has 0 bridgehead atoms. The normalized spacial score (nSPS) is 10.6. The van der Waals surface area contributed by atoms with Gasteiger partial charge >= 0.3 is 0 Å². The number of anilines is 1. The zero-order valence-corrected chi connectivity index (χ0v) is 12.2. The summed E-state index contributed by atoms with van der Waals surface area (Å²) in [5.41, 5.74) is 1.68. The van der Waals surface area contributed by atoms with Crippen molar-refractivity contribution >= 4 is 45.7 Å². The van der Waals surface area contributed by atoms with E-state index in [0.717, 1.165) is 10.9 Å². The lowest BCUT2D eigenvalue weighted by molar-refractivity contribution is 0.102. The highest BCUT2D eigenvalue weighted by Crippen LogP contribution is 2.23. The Hall–Kier alpha value is -2.17. The number of halogens is 2. The van der Waals surface area contributed by atoms with Crippen molar-refractivity contribution in [2.24, 2.45) is 0 Å². The maximum Gasteiger partial charge on any atom is 0.257 e. The van der Waals surface area contributed by atoms with Gasteiger partial charge in [-0.25, -0.2) is 4.98 Å². The van der Waals surface area contributed by atoms with Crippen molar-refractivity contribution in [3.8, 4) is 0 Å². The molecule has 0 unspecified atom stereocenters. The summed E-state index contributed by atoms with van der Waals surface area (Å²) < 4.78 is 0. The molecular formula is C15H9Cl2N3O. The summed E-state index contributed by atoms with van der Waals surface area (Å²) in [6, 6.07) is 10.8. The quantitative estimate of drug-likeness (QED) is 0.721. The highest BCUT2D eigenvalue weighted by Gasteiger charge is 2.11. The summed E-state index contributed by atoms with van der Waals surface area (Å²) in [6.45, 7) is 0. The molecule has 4 nitrogen and oxygen atoms in total. The maximum absolute atomic E-state index is 12.2. The molecule has 1 N–H and O–H groups in total. The van der Waals surface area contributed by atoms with Crippen molar-refractivity contribution < 1.29 is 4.79 Å². The smallest absolute Gasteiger partial charge is 0.257 e. The first kappa shape index (κ1) is 13.8. The molecule has 0 radical (unpaired) electrons. The van der Waals surface area contributed by atoms with Crippen molar-refractivity contribution in [3.05, 3.63) is 64.5 Å². The molecule has 1 amide bonds. The van der Waals surface area contributed by atoms with E-state index >= 15 is 0 Å². The lowest BCUT2D eigenvalue weighted by Gasteiger charge is -2.08. The number of rotatable bonds is 2. The molecule has 0 aliphatic heterocycles. The van der Waals surface area contributed by atoms with E-state index in [9.17, 15) is 4.79 Å². The van der Waals surface area contributed by atoms with Crippen LogP contribution in [0.5, 0.6) is 0 Å². The van der Waals surface area contributed by atoms with Crippen LogP contribution in [-0.2, 0) is 0 Å². The molecule has 21 heavy (non-hydrogen) atoms. The Morgan fingerprint density at radius 2 is 1.90 bits per heavy atom. The van der Waals surface area contributed by atoms with Gasteiger partial charge in [0.05, 0.1) is 21.8 Å². The third-order valence-corrected chi connectivity index (χ3v) is 3.63. The molecule has 6 heteroatoms. The van der Waals surface area contributed by atoms with E-state index in [1.165, 1.54) is 12.3 Å². The largest absolute Gasteiger partial charge is 0.320 e. The summed E-state index contributed by atoms with van der Waals surface area (Å²) in [6.07, 6.45) is 3.06. The van der Waals surface area contributed by atoms with Crippen LogP contribution >= 0.6 is 23.2 Å². The average molecular weight is 318 g/mol. The number of fused-ring (bicyclic) bond motifs is 1. The predicted octanol–water partition coefficient (Wildman–Crippen LogP) is 4.19. The van der Waals surface area contributed by atoms with Crippen molar-refractivity contribution in [1.29, 1.82) is 0 Å². The number of aromatic nitrogens is 2. The van der Waals surface area contributed by atoms with Gasteiger partial charge in [-0.15, -0.1) is 0 Å². The number of carbonyl (C=O) groups is 1. The van der Waals surface area contributed by atoms with Gasteiger partial charge in [-0.3, -0.25) is 9.78 Å². The number of amides is 1. The summed E-state index contributed by atoms with van der Waals surface area (Å²) in [4.78, 5) is 20.4. The number of pyridine rings is 2. The predicted molar refractivity (Wildman–Crippen MR) is 84.0 cm³/mol. The lowest BCUT2D eigenvalue weighted by atomic mass is 10.2. The van der Waals surface area contributed by atoms with Gasteiger partial charge in [0.25, 0.3) is 5.91 Å². The second-order valence-electron chi connectivity index (χ2n) is 4.33. The zero-order valence-electron chi connectivity index (χ0n) is 10.7. The first-order valence-electron chi connectivity index (χ1n) is 6.11. The molecular weight excluding hydrogens is 309 g/mol. The van der Waals surface area contributed by atoms with E-state index in [1.54, 1.807) is 12.3 Å². The zero-order chi connectivity index (χ0) is 14.8. The number of carbonyl (C=O) groups excluding carboxylic acids is 1. The molecule has 3 rings (SSSR count). The summed E-state index contributed by atoms with van der Waals surface area (Å²) in [7, 11) is 0. The number of hydrogen-bond acceptors (Lipinski definition) is 3. The van der Waals surface area contributed by atoms with E-state index in [1.807, 2.05) is 24.3 Å². The van der Waals surface area contributed by atoms with Crippen LogP contribution < -0.4 is 5.32 Å². The van der Waals surface area contributed by atoms with Crippen molar-refractivity contribution in [2.45, 2.75) is 0 Å². The molecule has 1 aromatic carbocycles. The van der Waals surface area contributed by atoms with Gasteiger partial charge in [0.2, 0.25) is 0 Å². The van der Waals surface area contributed by atoms with Crippen LogP contribution in [0.25, 0.3) is 10.9 Å². The summed E-state index contributed by atoms with van der Waals surface area (Å²) in [5.74, 6) is -0.320. The second-order valence-corrected chi connectivity index (χ2v) is 5.10. The third kappa shape index (κ3) is 2.82. The third-order valence-electron chi connectivity index (χ3n) is 2.94. The Labute approximate surface area is 130 Å². The van der Waals surface area contributed by atoms with Gasteiger partial charge in [-0.1, -0.05) is 41.4 Å². The Kier molecular flexibility index (Phi) is 3.73. The molecule has 0 atom stereocenters. The Balaban J connectivity index is 1.94. The molecule has 0 saturated carbocycles. The van der Waals surface area contributed by atoms with Crippen LogP contribution in [0, 0.1) is 0 Å². The Morgan fingerprint density at radius 3 is 2.71 bits per heavy atom. The topological polar surface area (TPSA) is 54.9 Å². The van der Waals surface area contributed by atoms with Gasteiger partial charge in [-0.05, 0) is 18.2 Å². The number of nitrogens with zero attached hydrogens (tertiary/aromatic N) is 2. The van der Waals surface area contributed by atoms with Crippen molar-refractivity contribution in [1.82, 2.24) is 9.97 Å².